The third kappa shape index (κ3) is 3.35. The number of carbonyl (C=O) groups excluding carboxylic acids is 1. The normalized spacial score (nSPS) is 16.5. The van der Waals surface area contributed by atoms with Gasteiger partial charge in [-0.15, -0.1) is 0 Å². The van der Waals surface area contributed by atoms with Crippen LogP contribution in [0.2, 0.25) is 0 Å². The molecule has 0 unspecified atom stereocenters. The fourth-order valence-electron chi connectivity index (χ4n) is 4.53. The standard InChI is InChI=1S/C25H28N2O4/c1-24(2,3)22-13-16-12-18(5-6-19(16)27(22)10-11-28)26-23(29)25(8-9-25)17-4-7-20-21(14-17)31-15-30-20/h4-7,12-14,28H,8-11,15H2,1-3H3,(H,26,29). The maximum atomic E-state index is 13.2. The van der Waals surface area contributed by atoms with Gasteiger partial charge in [0.05, 0.1) is 12.0 Å². The number of aliphatic hydroxyl groups excluding tert-OH is 1. The van der Waals surface area contributed by atoms with E-state index < -0.39 is 5.41 Å². The molecule has 0 saturated heterocycles. The smallest absolute Gasteiger partial charge is 0.235 e. The van der Waals surface area contributed by atoms with Crippen molar-refractivity contribution < 1.29 is 19.4 Å². The summed E-state index contributed by atoms with van der Waals surface area (Å²) in [5.74, 6) is 1.45. The first-order chi connectivity index (χ1) is 14.8. The Morgan fingerprint density at radius 3 is 2.58 bits per heavy atom. The lowest BCUT2D eigenvalue weighted by atomic mass is 9.92. The topological polar surface area (TPSA) is 72.7 Å². The number of hydrogen-bond donors (Lipinski definition) is 2. The summed E-state index contributed by atoms with van der Waals surface area (Å²) in [7, 11) is 0. The van der Waals surface area contributed by atoms with E-state index in [2.05, 4.69) is 36.7 Å². The van der Waals surface area contributed by atoms with Crippen LogP contribution in [0, 0.1) is 0 Å². The number of rotatable bonds is 5. The van der Waals surface area contributed by atoms with E-state index in [1.54, 1.807) is 0 Å². The number of anilines is 1. The lowest BCUT2D eigenvalue weighted by molar-refractivity contribution is -0.118. The Hall–Kier alpha value is -2.99. The molecule has 2 aromatic carbocycles. The molecule has 2 N–H and O–H groups in total. The van der Waals surface area contributed by atoms with Crippen molar-refractivity contribution in [1.82, 2.24) is 4.57 Å². The molecule has 0 radical (unpaired) electrons. The van der Waals surface area contributed by atoms with Gasteiger partial charge < -0.3 is 24.5 Å². The minimum Gasteiger partial charge on any atom is -0.454 e. The predicted molar refractivity (Wildman–Crippen MR) is 120 cm³/mol. The van der Waals surface area contributed by atoms with Crippen molar-refractivity contribution in [3.05, 3.63) is 53.7 Å². The molecule has 31 heavy (non-hydrogen) atoms. The number of hydrogen-bond acceptors (Lipinski definition) is 4. The highest BCUT2D eigenvalue weighted by Crippen LogP contribution is 2.51. The van der Waals surface area contributed by atoms with Gasteiger partial charge in [-0.2, -0.15) is 0 Å². The molecular formula is C25H28N2O4. The van der Waals surface area contributed by atoms with Gasteiger partial charge in [0, 0.05) is 34.2 Å². The Bertz CT molecular complexity index is 1170. The van der Waals surface area contributed by atoms with E-state index in [-0.39, 0.29) is 24.7 Å². The maximum absolute atomic E-state index is 13.2. The third-order valence-electron chi connectivity index (χ3n) is 6.36. The fourth-order valence-corrected chi connectivity index (χ4v) is 4.53. The van der Waals surface area contributed by atoms with Crippen molar-refractivity contribution in [2.24, 2.45) is 0 Å². The van der Waals surface area contributed by atoms with E-state index in [0.717, 1.165) is 40.7 Å². The second-order valence-electron chi connectivity index (χ2n) is 9.53. The number of amides is 1. The highest BCUT2D eigenvalue weighted by molar-refractivity contribution is 6.02. The van der Waals surface area contributed by atoms with Gasteiger partial charge in [-0.05, 0) is 54.8 Å². The Balaban J connectivity index is 1.43. The van der Waals surface area contributed by atoms with Crippen molar-refractivity contribution in [2.75, 3.05) is 18.7 Å². The summed E-state index contributed by atoms with van der Waals surface area (Å²) in [4.78, 5) is 13.2. The number of carbonyl (C=O) groups is 1. The number of aromatic nitrogens is 1. The van der Waals surface area contributed by atoms with Crippen molar-refractivity contribution in [3.63, 3.8) is 0 Å². The molecule has 0 atom stereocenters. The van der Waals surface area contributed by atoms with Crippen LogP contribution < -0.4 is 14.8 Å². The van der Waals surface area contributed by atoms with Gasteiger partial charge in [0.1, 0.15) is 0 Å². The molecule has 6 nitrogen and oxygen atoms in total. The number of nitrogens with one attached hydrogen (secondary N) is 1. The number of benzene rings is 2. The SMILES string of the molecule is CC(C)(C)c1cc2cc(NC(=O)C3(c4ccc5c(c4)OCO5)CC3)ccc2n1CCO. The highest BCUT2D eigenvalue weighted by Gasteiger charge is 2.51. The van der Waals surface area contributed by atoms with E-state index in [1.807, 2.05) is 36.4 Å². The lowest BCUT2D eigenvalue weighted by Crippen LogP contribution is -2.27. The molecule has 1 aliphatic heterocycles. The van der Waals surface area contributed by atoms with Gasteiger partial charge in [-0.25, -0.2) is 0 Å². The number of fused-ring (bicyclic) bond motifs is 2. The van der Waals surface area contributed by atoms with Gasteiger partial charge in [0.15, 0.2) is 11.5 Å². The molecule has 6 heteroatoms. The van der Waals surface area contributed by atoms with Crippen LogP contribution in [0.25, 0.3) is 10.9 Å². The zero-order valence-corrected chi connectivity index (χ0v) is 18.2. The van der Waals surface area contributed by atoms with Gasteiger partial charge in [0.2, 0.25) is 12.7 Å². The lowest BCUT2D eigenvalue weighted by Gasteiger charge is -2.21. The van der Waals surface area contributed by atoms with Crippen LogP contribution in [0.15, 0.2) is 42.5 Å². The molecule has 0 bridgehead atoms. The summed E-state index contributed by atoms with van der Waals surface area (Å²) in [6.07, 6.45) is 1.64. The van der Waals surface area contributed by atoms with Crippen molar-refractivity contribution in [3.8, 4) is 11.5 Å². The van der Waals surface area contributed by atoms with Crippen LogP contribution in [0.4, 0.5) is 5.69 Å². The van der Waals surface area contributed by atoms with Crippen molar-refractivity contribution >= 4 is 22.5 Å². The number of aliphatic hydroxyl groups is 1. The van der Waals surface area contributed by atoms with Crippen LogP contribution in [-0.4, -0.2) is 29.0 Å². The Labute approximate surface area is 181 Å². The number of nitrogens with zero attached hydrogens (tertiary/aromatic N) is 1. The molecule has 1 saturated carbocycles. The van der Waals surface area contributed by atoms with Crippen LogP contribution in [-0.2, 0) is 22.2 Å². The summed E-state index contributed by atoms with van der Waals surface area (Å²) >= 11 is 0. The molecule has 1 aromatic heterocycles. The van der Waals surface area contributed by atoms with Gasteiger partial charge in [0.25, 0.3) is 0 Å². The van der Waals surface area contributed by atoms with E-state index in [9.17, 15) is 9.90 Å². The molecular weight excluding hydrogens is 392 g/mol. The summed E-state index contributed by atoms with van der Waals surface area (Å²) in [6.45, 7) is 7.36. The minimum atomic E-state index is -0.505. The minimum absolute atomic E-state index is 0.0107. The molecule has 162 valence electrons. The average Bonchev–Trinajstić information content (AvgIpc) is 3.27. The first-order valence-corrected chi connectivity index (χ1v) is 10.8. The third-order valence-corrected chi connectivity index (χ3v) is 6.36. The summed E-state index contributed by atoms with van der Waals surface area (Å²) in [6, 6.07) is 13.9. The molecule has 1 aliphatic carbocycles. The zero-order valence-electron chi connectivity index (χ0n) is 18.2. The van der Waals surface area contributed by atoms with E-state index >= 15 is 0 Å². The van der Waals surface area contributed by atoms with E-state index in [0.29, 0.717) is 12.3 Å². The first kappa shape index (κ1) is 19.9. The maximum Gasteiger partial charge on any atom is 0.235 e. The summed E-state index contributed by atoms with van der Waals surface area (Å²) in [5.41, 5.74) is 3.43. The Morgan fingerprint density at radius 1 is 1.10 bits per heavy atom. The van der Waals surface area contributed by atoms with Gasteiger partial charge >= 0.3 is 0 Å². The van der Waals surface area contributed by atoms with Crippen LogP contribution in [0.5, 0.6) is 11.5 Å². The largest absolute Gasteiger partial charge is 0.454 e. The first-order valence-electron chi connectivity index (χ1n) is 10.8. The Morgan fingerprint density at radius 2 is 1.87 bits per heavy atom. The molecule has 5 rings (SSSR count). The summed E-state index contributed by atoms with van der Waals surface area (Å²) in [5, 5.41) is 13.7. The molecule has 1 amide bonds. The number of ether oxygens (including phenoxy) is 2. The molecule has 2 heterocycles. The second kappa shape index (κ2) is 7.02. The van der Waals surface area contributed by atoms with E-state index in [1.165, 1.54) is 5.69 Å². The van der Waals surface area contributed by atoms with Crippen LogP contribution in [0.3, 0.4) is 0 Å². The quantitative estimate of drug-likeness (QED) is 0.644. The molecule has 0 spiro atoms. The fraction of sp³-hybridized carbons (Fsp3) is 0.400. The molecule has 3 aromatic rings. The average molecular weight is 421 g/mol. The van der Waals surface area contributed by atoms with Gasteiger partial charge in [-0.3, -0.25) is 4.79 Å². The second-order valence-corrected chi connectivity index (χ2v) is 9.53. The Kier molecular flexibility index (Phi) is 4.52. The van der Waals surface area contributed by atoms with Crippen molar-refractivity contribution in [2.45, 2.75) is 51.0 Å². The van der Waals surface area contributed by atoms with Crippen LogP contribution >= 0.6 is 0 Å². The van der Waals surface area contributed by atoms with Crippen molar-refractivity contribution in [1.29, 1.82) is 0 Å². The zero-order chi connectivity index (χ0) is 21.8. The predicted octanol–water partition coefficient (Wildman–Crippen LogP) is 4.33. The molecule has 2 aliphatic rings. The highest BCUT2D eigenvalue weighted by atomic mass is 16.7. The summed E-state index contributed by atoms with van der Waals surface area (Å²) < 4.78 is 13.1. The monoisotopic (exact) mass is 420 g/mol. The van der Waals surface area contributed by atoms with E-state index in [4.69, 9.17) is 9.47 Å². The van der Waals surface area contributed by atoms with Gasteiger partial charge in [-0.1, -0.05) is 26.8 Å². The molecule has 1 fully saturated rings. The van der Waals surface area contributed by atoms with Crippen LogP contribution in [0.1, 0.15) is 44.9 Å².